The maximum Gasteiger partial charge on any atom is 0.274 e. The molecule has 0 atom stereocenters. The Labute approximate surface area is 156 Å². The van der Waals surface area contributed by atoms with Crippen LogP contribution in [-0.4, -0.2) is 20.9 Å². The van der Waals surface area contributed by atoms with Crippen LogP contribution < -0.4 is 10.6 Å². The average Bonchev–Trinajstić information content (AvgIpc) is 2.70. The highest BCUT2D eigenvalue weighted by Crippen LogP contribution is 2.24. The van der Waals surface area contributed by atoms with E-state index in [0.717, 1.165) is 27.8 Å². The maximum atomic E-state index is 12.5. The molecule has 0 spiro atoms. The SMILES string of the molecule is Cc1ccccc1NC(=O)c1cc(Nc2cccc3cccnc23)ncn1. The van der Waals surface area contributed by atoms with Crippen molar-refractivity contribution >= 4 is 34.0 Å². The molecule has 132 valence electrons. The lowest BCUT2D eigenvalue weighted by Crippen LogP contribution is -2.15. The Bertz CT molecular complexity index is 1120. The van der Waals surface area contributed by atoms with Crippen LogP contribution in [-0.2, 0) is 0 Å². The first-order valence-corrected chi connectivity index (χ1v) is 8.50. The minimum Gasteiger partial charge on any atom is -0.338 e. The van der Waals surface area contributed by atoms with Gasteiger partial charge < -0.3 is 10.6 Å². The van der Waals surface area contributed by atoms with Crippen molar-refractivity contribution in [2.24, 2.45) is 0 Å². The van der Waals surface area contributed by atoms with Gasteiger partial charge in [0, 0.05) is 23.3 Å². The molecule has 4 rings (SSSR count). The number of rotatable bonds is 4. The zero-order valence-corrected chi connectivity index (χ0v) is 14.7. The van der Waals surface area contributed by atoms with Gasteiger partial charge in [-0.2, -0.15) is 0 Å². The Morgan fingerprint density at radius 1 is 0.889 bits per heavy atom. The largest absolute Gasteiger partial charge is 0.338 e. The van der Waals surface area contributed by atoms with E-state index in [1.807, 2.05) is 61.5 Å². The molecule has 0 bridgehead atoms. The van der Waals surface area contributed by atoms with Gasteiger partial charge in [-0.1, -0.05) is 36.4 Å². The van der Waals surface area contributed by atoms with Crippen molar-refractivity contribution in [3.63, 3.8) is 0 Å². The number of fused-ring (bicyclic) bond motifs is 1. The van der Waals surface area contributed by atoms with Crippen LogP contribution in [0.4, 0.5) is 17.2 Å². The van der Waals surface area contributed by atoms with Crippen LogP contribution in [0.25, 0.3) is 10.9 Å². The summed E-state index contributed by atoms with van der Waals surface area (Å²) in [5.74, 6) is 0.240. The monoisotopic (exact) mass is 355 g/mol. The number of aromatic nitrogens is 3. The number of nitrogens with one attached hydrogen (secondary N) is 2. The molecule has 0 aliphatic rings. The molecular formula is C21H17N5O. The fourth-order valence-corrected chi connectivity index (χ4v) is 2.79. The predicted octanol–water partition coefficient (Wildman–Crippen LogP) is 4.33. The van der Waals surface area contributed by atoms with Crippen LogP contribution in [0.15, 0.2) is 73.2 Å². The lowest BCUT2D eigenvalue weighted by atomic mass is 10.2. The summed E-state index contributed by atoms with van der Waals surface area (Å²) >= 11 is 0. The van der Waals surface area contributed by atoms with Gasteiger partial charge in [-0.3, -0.25) is 9.78 Å². The standard InChI is InChI=1S/C21H17N5O/c1-14-6-2-3-9-16(14)26-21(27)18-12-19(24-13-23-18)25-17-10-4-7-15-8-5-11-22-20(15)17/h2-13H,1H3,(H,26,27)(H,23,24,25). The van der Waals surface area contributed by atoms with Gasteiger partial charge in [0.15, 0.2) is 0 Å². The Morgan fingerprint density at radius 2 is 1.70 bits per heavy atom. The van der Waals surface area contributed by atoms with E-state index in [1.165, 1.54) is 6.33 Å². The minimum absolute atomic E-state index is 0.281. The molecule has 27 heavy (non-hydrogen) atoms. The van der Waals surface area contributed by atoms with Crippen molar-refractivity contribution in [1.82, 2.24) is 15.0 Å². The molecule has 0 fully saturated rings. The lowest BCUT2D eigenvalue weighted by molar-refractivity contribution is 0.102. The number of para-hydroxylation sites is 2. The van der Waals surface area contributed by atoms with E-state index in [4.69, 9.17) is 0 Å². The van der Waals surface area contributed by atoms with Gasteiger partial charge in [-0.25, -0.2) is 9.97 Å². The van der Waals surface area contributed by atoms with E-state index in [2.05, 4.69) is 25.6 Å². The van der Waals surface area contributed by atoms with Crippen LogP contribution in [0.2, 0.25) is 0 Å². The minimum atomic E-state index is -0.286. The molecule has 4 aromatic rings. The third kappa shape index (κ3) is 3.59. The summed E-state index contributed by atoms with van der Waals surface area (Å²) in [4.78, 5) is 25.3. The van der Waals surface area contributed by atoms with Crippen LogP contribution in [0.3, 0.4) is 0 Å². The van der Waals surface area contributed by atoms with Crippen LogP contribution in [0.5, 0.6) is 0 Å². The molecule has 6 nitrogen and oxygen atoms in total. The van der Waals surface area contributed by atoms with E-state index in [-0.39, 0.29) is 11.6 Å². The predicted molar refractivity (Wildman–Crippen MR) is 106 cm³/mol. The number of pyridine rings is 1. The first kappa shape index (κ1) is 16.7. The number of amides is 1. The molecule has 2 aromatic carbocycles. The van der Waals surface area contributed by atoms with Gasteiger partial charge >= 0.3 is 0 Å². The summed E-state index contributed by atoms with van der Waals surface area (Å²) in [5.41, 5.74) is 3.68. The molecule has 0 saturated carbocycles. The highest BCUT2D eigenvalue weighted by atomic mass is 16.1. The van der Waals surface area contributed by atoms with Crippen LogP contribution >= 0.6 is 0 Å². The Kier molecular flexibility index (Phi) is 4.45. The Morgan fingerprint density at radius 3 is 2.59 bits per heavy atom. The van der Waals surface area contributed by atoms with Crippen LogP contribution in [0.1, 0.15) is 16.1 Å². The number of hydrogen-bond donors (Lipinski definition) is 2. The second-order valence-corrected chi connectivity index (χ2v) is 6.06. The van der Waals surface area contributed by atoms with Gasteiger partial charge in [-0.05, 0) is 30.7 Å². The smallest absolute Gasteiger partial charge is 0.274 e. The highest BCUT2D eigenvalue weighted by molar-refractivity contribution is 6.03. The zero-order valence-electron chi connectivity index (χ0n) is 14.7. The summed E-state index contributed by atoms with van der Waals surface area (Å²) in [6.07, 6.45) is 3.11. The molecule has 1 amide bonds. The van der Waals surface area contributed by atoms with Crippen molar-refractivity contribution in [1.29, 1.82) is 0 Å². The summed E-state index contributed by atoms with van der Waals surface area (Å²) in [6.45, 7) is 1.94. The molecule has 6 heteroatoms. The molecule has 0 radical (unpaired) electrons. The molecule has 2 heterocycles. The second-order valence-electron chi connectivity index (χ2n) is 6.06. The zero-order chi connectivity index (χ0) is 18.6. The normalized spacial score (nSPS) is 10.6. The van der Waals surface area contributed by atoms with Crippen molar-refractivity contribution < 1.29 is 4.79 Å². The summed E-state index contributed by atoms with van der Waals surface area (Å²) < 4.78 is 0. The second kappa shape index (κ2) is 7.21. The van der Waals surface area contributed by atoms with E-state index in [1.54, 1.807) is 12.3 Å². The maximum absolute atomic E-state index is 12.5. The fraction of sp³-hybridized carbons (Fsp3) is 0.0476. The molecule has 2 N–H and O–H groups in total. The molecule has 0 saturated heterocycles. The summed E-state index contributed by atoms with van der Waals surface area (Å²) in [6, 6.07) is 19.0. The molecule has 0 unspecified atom stereocenters. The first-order chi connectivity index (χ1) is 13.2. The molecule has 2 aromatic heterocycles. The number of hydrogen-bond acceptors (Lipinski definition) is 5. The highest BCUT2D eigenvalue weighted by Gasteiger charge is 2.11. The lowest BCUT2D eigenvalue weighted by Gasteiger charge is -2.10. The first-order valence-electron chi connectivity index (χ1n) is 8.50. The summed E-state index contributed by atoms with van der Waals surface area (Å²) in [7, 11) is 0. The van der Waals surface area contributed by atoms with Crippen molar-refractivity contribution in [2.75, 3.05) is 10.6 Å². The number of aryl methyl sites for hydroxylation is 1. The summed E-state index contributed by atoms with van der Waals surface area (Å²) in [5, 5.41) is 7.12. The van der Waals surface area contributed by atoms with Gasteiger partial charge in [0.1, 0.15) is 17.8 Å². The van der Waals surface area contributed by atoms with Gasteiger partial charge in [-0.15, -0.1) is 0 Å². The third-order valence-electron chi connectivity index (χ3n) is 4.19. The van der Waals surface area contributed by atoms with Gasteiger partial charge in [0.2, 0.25) is 0 Å². The number of nitrogens with zero attached hydrogens (tertiary/aromatic N) is 3. The molecule has 0 aliphatic carbocycles. The van der Waals surface area contributed by atoms with Crippen molar-refractivity contribution in [3.8, 4) is 0 Å². The number of benzene rings is 2. The Balaban J connectivity index is 1.59. The van der Waals surface area contributed by atoms with Gasteiger partial charge in [0.05, 0.1) is 11.2 Å². The molecular weight excluding hydrogens is 338 g/mol. The molecule has 0 aliphatic heterocycles. The average molecular weight is 355 g/mol. The quantitative estimate of drug-likeness (QED) is 0.569. The third-order valence-corrected chi connectivity index (χ3v) is 4.19. The number of carbonyl (C=O) groups excluding carboxylic acids is 1. The van der Waals surface area contributed by atoms with E-state index in [9.17, 15) is 4.79 Å². The fourth-order valence-electron chi connectivity index (χ4n) is 2.79. The topological polar surface area (TPSA) is 79.8 Å². The number of carbonyl (C=O) groups is 1. The van der Waals surface area contributed by atoms with E-state index >= 15 is 0 Å². The Hall–Kier alpha value is -3.80. The van der Waals surface area contributed by atoms with Crippen LogP contribution in [0, 0.1) is 6.92 Å². The number of anilines is 3. The van der Waals surface area contributed by atoms with Crippen molar-refractivity contribution in [3.05, 3.63) is 84.4 Å². The van der Waals surface area contributed by atoms with Crippen molar-refractivity contribution in [2.45, 2.75) is 6.92 Å². The van der Waals surface area contributed by atoms with E-state index in [0.29, 0.717) is 5.82 Å². The van der Waals surface area contributed by atoms with Gasteiger partial charge in [0.25, 0.3) is 5.91 Å². The van der Waals surface area contributed by atoms with E-state index < -0.39 is 0 Å².